The number of ketones is 1. The lowest BCUT2D eigenvalue weighted by atomic mass is 9.40. The number of hydrogen-bond donors (Lipinski definition) is 2. The van der Waals surface area contributed by atoms with Gasteiger partial charge >= 0.3 is 5.97 Å². The van der Waals surface area contributed by atoms with Crippen LogP contribution in [-0.4, -0.2) is 51.0 Å². The van der Waals surface area contributed by atoms with Crippen LogP contribution < -0.4 is 0 Å². The molecule has 6 nitrogen and oxygen atoms in total. The van der Waals surface area contributed by atoms with E-state index >= 15 is 0 Å². The Morgan fingerprint density at radius 3 is 2.39 bits per heavy atom. The van der Waals surface area contributed by atoms with Gasteiger partial charge < -0.3 is 19.7 Å². The van der Waals surface area contributed by atoms with Gasteiger partial charge in [0.1, 0.15) is 5.60 Å². The largest absolute Gasteiger partial charge is 0.457 e. The summed E-state index contributed by atoms with van der Waals surface area (Å²) in [6, 6.07) is 0. The lowest BCUT2D eigenvalue weighted by Gasteiger charge is -2.70. The van der Waals surface area contributed by atoms with Crippen LogP contribution in [0.1, 0.15) is 67.2 Å². The highest BCUT2D eigenvalue weighted by molar-refractivity contribution is 5.92. The quantitative estimate of drug-likeness (QED) is 0.552. The molecule has 1 saturated heterocycles. The standard InChI is InChI=1S/C22H34O6/c1-8-19(5)12-14(24)22(26)20(6)11-9-10-18(3,4)16(20)15(25)17(27-13(2)23)21(22,7)28-19/h8,15-17,25-26H,1,9-12H2,2-7H3/t15-,16?,17-,19-,20-,21+,22?/m0/s1. The number of ether oxygens (including phenoxy) is 2. The third-order valence-electron chi connectivity index (χ3n) is 7.87. The zero-order valence-corrected chi connectivity index (χ0v) is 17.9. The number of carbonyl (C=O) groups is 2. The molecular weight excluding hydrogens is 360 g/mol. The topological polar surface area (TPSA) is 93.1 Å². The summed E-state index contributed by atoms with van der Waals surface area (Å²) in [4.78, 5) is 25.5. The van der Waals surface area contributed by atoms with Crippen LogP contribution in [0.4, 0.5) is 0 Å². The van der Waals surface area contributed by atoms with Gasteiger partial charge in [-0.15, -0.1) is 6.58 Å². The minimum absolute atomic E-state index is 0.0196. The highest BCUT2D eigenvalue weighted by atomic mass is 16.6. The van der Waals surface area contributed by atoms with Crippen LogP contribution in [0.25, 0.3) is 0 Å². The van der Waals surface area contributed by atoms with Crippen molar-refractivity contribution in [3.63, 3.8) is 0 Å². The highest BCUT2D eigenvalue weighted by Crippen LogP contribution is 2.66. The second kappa shape index (κ2) is 6.13. The van der Waals surface area contributed by atoms with Crippen LogP contribution in [0.2, 0.25) is 0 Å². The molecule has 28 heavy (non-hydrogen) atoms. The molecule has 1 aliphatic heterocycles. The van der Waals surface area contributed by atoms with Gasteiger partial charge in [-0.1, -0.05) is 33.3 Å². The van der Waals surface area contributed by atoms with Crippen molar-refractivity contribution < 1.29 is 29.3 Å². The minimum Gasteiger partial charge on any atom is -0.457 e. The van der Waals surface area contributed by atoms with E-state index < -0.39 is 46.3 Å². The van der Waals surface area contributed by atoms with Crippen LogP contribution in [0.15, 0.2) is 12.7 Å². The van der Waals surface area contributed by atoms with Crippen LogP contribution in [0.5, 0.6) is 0 Å². The van der Waals surface area contributed by atoms with Gasteiger partial charge in [-0.3, -0.25) is 9.59 Å². The molecule has 2 N–H and O–H groups in total. The predicted molar refractivity (Wildman–Crippen MR) is 103 cm³/mol. The van der Waals surface area contributed by atoms with Gasteiger partial charge in [0.2, 0.25) is 0 Å². The molecule has 6 heteroatoms. The Kier molecular flexibility index (Phi) is 4.70. The van der Waals surface area contributed by atoms with Crippen molar-refractivity contribution in [2.45, 2.75) is 96.2 Å². The van der Waals surface area contributed by atoms with Crippen molar-refractivity contribution in [2.24, 2.45) is 16.7 Å². The third kappa shape index (κ3) is 2.50. The summed E-state index contributed by atoms with van der Waals surface area (Å²) in [7, 11) is 0. The zero-order chi connectivity index (χ0) is 21.3. The smallest absolute Gasteiger partial charge is 0.303 e. The van der Waals surface area contributed by atoms with Gasteiger partial charge in [0.05, 0.1) is 11.7 Å². The Morgan fingerprint density at radius 1 is 1.25 bits per heavy atom. The monoisotopic (exact) mass is 394 g/mol. The molecule has 7 atom stereocenters. The van der Waals surface area contributed by atoms with Crippen LogP contribution in [0, 0.1) is 16.7 Å². The first-order valence-corrected chi connectivity index (χ1v) is 10.1. The van der Waals surface area contributed by atoms with E-state index in [-0.39, 0.29) is 17.6 Å². The number of carbonyl (C=O) groups excluding carboxylic acids is 2. The predicted octanol–water partition coefficient (Wildman–Crippen LogP) is 2.55. The molecule has 3 aliphatic rings. The van der Waals surface area contributed by atoms with E-state index in [1.807, 2.05) is 20.8 Å². The average Bonchev–Trinajstić information content (AvgIpc) is 2.55. The summed E-state index contributed by atoms with van der Waals surface area (Å²) in [5, 5.41) is 23.6. The average molecular weight is 395 g/mol. The third-order valence-corrected chi connectivity index (χ3v) is 7.87. The molecular formula is C22H34O6. The maximum absolute atomic E-state index is 13.5. The van der Waals surface area contributed by atoms with Crippen molar-refractivity contribution in [3.05, 3.63) is 12.7 Å². The zero-order valence-electron chi connectivity index (χ0n) is 17.9. The number of fused-ring (bicyclic) bond motifs is 3. The molecule has 1 heterocycles. The molecule has 0 bridgehead atoms. The molecule has 158 valence electrons. The first kappa shape index (κ1) is 21.5. The molecule has 2 unspecified atom stereocenters. The number of rotatable bonds is 2. The van der Waals surface area contributed by atoms with E-state index in [1.165, 1.54) is 13.0 Å². The van der Waals surface area contributed by atoms with E-state index in [4.69, 9.17) is 9.47 Å². The number of esters is 1. The second-order valence-electron chi connectivity index (χ2n) is 10.3. The molecule has 2 aliphatic carbocycles. The van der Waals surface area contributed by atoms with Gasteiger partial charge in [0, 0.05) is 24.7 Å². The summed E-state index contributed by atoms with van der Waals surface area (Å²) < 4.78 is 11.9. The van der Waals surface area contributed by atoms with Gasteiger partial charge in [-0.25, -0.2) is 0 Å². The Morgan fingerprint density at radius 2 is 1.86 bits per heavy atom. The number of Topliss-reactive ketones (excluding diaryl/α,β-unsaturated/α-hetero) is 1. The first-order chi connectivity index (χ1) is 12.7. The molecule has 0 aromatic rings. The van der Waals surface area contributed by atoms with E-state index in [1.54, 1.807) is 13.8 Å². The first-order valence-electron chi connectivity index (χ1n) is 10.1. The number of aliphatic hydroxyl groups is 2. The normalized spacial score (nSPS) is 50.3. The molecule has 3 fully saturated rings. The van der Waals surface area contributed by atoms with Gasteiger partial charge in [-0.05, 0) is 32.1 Å². The SMILES string of the molecule is C=C[C@@]1(C)CC(=O)C2(O)[C@@]3(C)CCCC(C)(C)C3[C@H](O)[C@H](OC(C)=O)[C@@]2(C)O1. The molecule has 0 amide bonds. The van der Waals surface area contributed by atoms with Gasteiger partial charge in [-0.2, -0.15) is 0 Å². The van der Waals surface area contributed by atoms with Gasteiger partial charge in [0.15, 0.2) is 17.5 Å². The fourth-order valence-electron chi connectivity index (χ4n) is 6.77. The van der Waals surface area contributed by atoms with Gasteiger partial charge in [0.25, 0.3) is 0 Å². The summed E-state index contributed by atoms with van der Waals surface area (Å²) in [6.07, 6.45) is 1.53. The Bertz CT molecular complexity index is 716. The highest BCUT2D eigenvalue weighted by Gasteiger charge is 2.79. The van der Waals surface area contributed by atoms with Crippen molar-refractivity contribution in [1.29, 1.82) is 0 Å². The van der Waals surface area contributed by atoms with Crippen molar-refractivity contribution in [1.82, 2.24) is 0 Å². The Labute approximate surface area is 167 Å². The summed E-state index contributed by atoms with van der Waals surface area (Å²) in [6.45, 7) is 14.3. The molecule has 2 saturated carbocycles. The van der Waals surface area contributed by atoms with Crippen molar-refractivity contribution in [2.75, 3.05) is 0 Å². The van der Waals surface area contributed by atoms with Crippen LogP contribution in [0.3, 0.4) is 0 Å². The molecule has 0 aromatic carbocycles. The van der Waals surface area contributed by atoms with Crippen molar-refractivity contribution >= 4 is 11.8 Å². The number of aliphatic hydroxyl groups excluding tert-OH is 1. The summed E-state index contributed by atoms with van der Waals surface area (Å²) in [5.74, 6) is -1.37. The lowest BCUT2D eigenvalue weighted by molar-refractivity contribution is -0.357. The van der Waals surface area contributed by atoms with Crippen molar-refractivity contribution in [3.8, 4) is 0 Å². The Balaban J connectivity index is 2.28. The molecule has 3 rings (SSSR count). The fourth-order valence-corrected chi connectivity index (χ4v) is 6.77. The van der Waals surface area contributed by atoms with E-state index in [0.717, 1.165) is 12.8 Å². The lowest BCUT2D eigenvalue weighted by Crippen LogP contribution is -2.84. The second-order valence-corrected chi connectivity index (χ2v) is 10.3. The molecule has 0 aromatic heterocycles. The van der Waals surface area contributed by atoms with E-state index in [0.29, 0.717) is 6.42 Å². The van der Waals surface area contributed by atoms with E-state index in [2.05, 4.69) is 6.58 Å². The Hall–Kier alpha value is -1.24. The summed E-state index contributed by atoms with van der Waals surface area (Å²) in [5.41, 5.74) is -5.79. The van der Waals surface area contributed by atoms with Crippen LogP contribution in [-0.2, 0) is 19.1 Å². The molecule has 0 radical (unpaired) electrons. The van der Waals surface area contributed by atoms with Crippen LogP contribution >= 0.6 is 0 Å². The van der Waals surface area contributed by atoms with E-state index in [9.17, 15) is 19.8 Å². The fraction of sp³-hybridized carbons (Fsp3) is 0.818. The summed E-state index contributed by atoms with van der Waals surface area (Å²) >= 11 is 0. The number of hydrogen-bond acceptors (Lipinski definition) is 6. The molecule has 0 spiro atoms. The maximum Gasteiger partial charge on any atom is 0.303 e. The minimum atomic E-state index is -1.90. The maximum atomic E-state index is 13.5.